The molecule has 2 fully saturated rings. The third-order valence-corrected chi connectivity index (χ3v) is 5.74. The molecular formula is C15H29NO. The fourth-order valence-electron chi connectivity index (χ4n) is 4.29. The third kappa shape index (κ3) is 2.26. The largest absolute Gasteiger partial charge is 0.389 e. The van der Waals surface area contributed by atoms with Crippen molar-refractivity contribution in [3.05, 3.63) is 0 Å². The topological polar surface area (TPSA) is 46.2 Å². The van der Waals surface area contributed by atoms with E-state index in [-0.39, 0.29) is 5.41 Å². The van der Waals surface area contributed by atoms with Gasteiger partial charge >= 0.3 is 0 Å². The van der Waals surface area contributed by atoms with E-state index in [2.05, 4.69) is 13.8 Å². The Morgan fingerprint density at radius 3 is 2.24 bits per heavy atom. The molecule has 2 aliphatic carbocycles. The SMILES string of the molecule is CCC1CCC(O)(C2(CN)CCC(C)C2)CC1. The average Bonchev–Trinajstić information content (AvgIpc) is 2.74. The van der Waals surface area contributed by atoms with E-state index in [1.807, 2.05) is 0 Å². The smallest absolute Gasteiger partial charge is 0.0716 e. The fourth-order valence-corrected chi connectivity index (χ4v) is 4.29. The molecule has 0 spiro atoms. The van der Waals surface area contributed by atoms with Crippen LogP contribution in [0.3, 0.4) is 0 Å². The molecule has 0 aromatic carbocycles. The molecule has 0 aliphatic heterocycles. The van der Waals surface area contributed by atoms with Gasteiger partial charge in [0, 0.05) is 12.0 Å². The van der Waals surface area contributed by atoms with E-state index < -0.39 is 5.60 Å². The van der Waals surface area contributed by atoms with Crippen molar-refractivity contribution in [2.45, 2.75) is 70.8 Å². The van der Waals surface area contributed by atoms with Gasteiger partial charge in [-0.2, -0.15) is 0 Å². The highest BCUT2D eigenvalue weighted by molar-refractivity contribution is 5.05. The predicted molar refractivity (Wildman–Crippen MR) is 71.7 cm³/mol. The molecule has 2 nitrogen and oxygen atoms in total. The lowest BCUT2D eigenvalue weighted by Gasteiger charge is -2.48. The molecule has 2 unspecified atom stereocenters. The van der Waals surface area contributed by atoms with Crippen LogP contribution in [0.5, 0.6) is 0 Å². The summed E-state index contributed by atoms with van der Waals surface area (Å²) in [5, 5.41) is 11.1. The van der Waals surface area contributed by atoms with Gasteiger partial charge in [0.25, 0.3) is 0 Å². The van der Waals surface area contributed by atoms with Crippen LogP contribution < -0.4 is 5.73 Å². The van der Waals surface area contributed by atoms with Gasteiger partial charge in [-0.25, -0.2) is 0 Å². The number of hydrogen-bond acceptors (Lipinski definition) is 2. The van der Waals surface area contributed by atoms with Crippen molar-refractivity contribution in [2.75, 3.05) is 6.54 Å². The van der Waals surface area contributed by atoms with E-state index in [0.717, 1.165) is 37.5 Å². The summed E-state index contributed by atoms with van der Waals surface area (Å²) >= 11 is 0. The minimum atomic E-state index is -0.460. The quantitative estimate of drug-likeness (QED) is 0.795. The molecule has 0 aromatic heterocycles. The van der Waals surface area contributed by atoms with Gasteiger partial charge in [-0.05, 0) is 50.4 Å². The van der Waals surface area contributed by atoms with Crippen LogP contribution in [0.25, 0.3) is 0 Å². The lowest BCUT2D eigenvalue weighted by Crippen LogP contribution is -2.53. The summed E-state index contributed by atoms with van der Waals surface area (Å²) in [6.07, 6.45) is 9.14. The van der Waals surface area contributed by atoms with Gasteiger partial charge < -0.3 is 10.8 Å². The first-order chi connectivity index (χ1) is 8.05. The third-order valence-electron chi connectivity index (χ3n) is 5.74. The van der Waals surface area contributed by atoms with Gasteiger partial charge in [0.15, 0.2) is 0 Å². The second kappa shape index (κ2) is 4.89. The summed E-state index contributed by atoms with van der Waals surface area (Å²) < 4.78 is 0. The first kappa shape index (κ1) is 13.4. The van der Waals surface area contributed by atoms with Crippen molar-refractivity contribution >= 4 is 0 Å². The second-order valence-corrected chi connectivity index (χ2v) is 6.72. The molecular weight excluding hydrogens is 210 g/mol. The number of nitrogens with two attached hydrogens (primary N) is 1. The van der Waals surface area contributed by atoms with Crippen LogP contribution in [0.2, 0.25) is 0 Å². The van der Waals surface area contributed by atoms with Crippen molar-refractivity contribution in [1.29, 1.82) is 0 Å². The van der Waals surface area contributed by atoms with Gasteiger partial charge in [0.1, 0.15) is 0 Å². The zero-order chi connectivity index (χ0) is 12.5. The monoisotopic (exact) mass is 239 g/mol. The van der Waals surface area contributed by atoms with Crippen LogP contribution in [0.4, 0.5) is 0 Å². The lowest BCUT2D eigenvalue weighted by atomic mass is 9.62. The van der Waals surface area contributed by atoms with Crippen LogP contribution in [-0.2, 0) is 0 Å². The molecule has 2 heteroatoms. The molecule has 2 saturated carbocycles. The minimum Gasteiger partial charge on any atom is -0.389 e. The molecule has 0 saturated heterocycles. The summed E-state index contributed by atoms with van der Waals surface area (Å²) in [5.41, 5.74) is 5.63. The fraction of sp³-hybridized carbons (Fsp3) is 1.00. The van der Waals surface area contributed by atoms with Gasteiger partial charge in [0.05, 0.1) is 5.60 Å². The zero-order valence-corrected chi connectivity index (χ0v) is 11.5. The van der Waals surface area contributed by atoms with Gasteiger partial charge in [-0.1, -0.05) is 26.7 Å². The zero-order valence-electron chi connectivity index (χ0n) is 11.5. The summed E-state index contributed by atoms with van der Waals surface area (Å²) in [5.74, 6) is 1.58. The summed E-state index contributed by atoms with van der Waals surface area (Å²) in [6, 6.07) is 0. The standard InChI is InChI=1S/C15H29NO/c1-3-13-5-8-15(17,9-6-13)14(11-16)7-4-12(2)10-14/h12-13,17H,3-11,16H2,1-2H3. The van der Waals surface area contributed by atoms with Gasteiger partial charge in [-0.3, -0.25) is 0 Å². The maximum Gasteiger partial charge on any atom is 0.0716 e. The molecule has 0 bridgehead atoms. The molecule has 0 amide bonds. The number of hydrogen-bond donors (Lipinski definition) is 2. The van der Waals surface area contributed by atoms with Gasteiger partial charge in [-0.15, -0.1) is 0 Å². The number of rotatable bonds is 3. The second-order valence-electron chi connectivity index (χ2n) is 6.72. The van der Waals surface area contributed by atoms with E-state index in [1.54, 1.807) is 0 Å². The molecule has 100 valence electrons. The van der Waals surface area contributed by atoms with Crippen LogP contribution in [0.1, 0.15) is 65.2 Å². The minimum absolute atomic E-state index is 0.0329. The molecule has 0 heterocycles. The van der Waals surface area contributed by atoms with E-state index >= 15 is 0 Å². The van der Waals surface area contributed by atoms with Gasteiger partial charge in [0.2, 0.25) is 0 Å². The normalized spacial score (nSPS) is 47.3. The molecule has 3 N–H and O–H groups in total. The van der Waals surface area contributed by atoms with Crippen LogP contribution in [-0.4, -0.2) is 17.3 Å². The summed E-state index contributed by atoms with van der Waals surface area (Å²) in [6.45, 7) is 5.24. The van der Waals surface area contributed by atoms with Crippen molar-refractivity contribution in [1.82, 2.24) is 0 Å². The first-order valence-corrected chi connectivity index (χ1v) is 7.48. The maximum atomic E-state index is 11.1. The maximum absolute atomic E-state index is 11.1. The Morgan fingerprint density at radius 1 is 1.18 bits per heavy atom. The average molecular weight is 239 g/mol. The summed E-state index contributed by atoms with van der Waals surface area (Å²) in [7, 11) is 0. The Hall–Kier alpha value is -0.0800. The summed E-state index contributed by atoms with van der Waals surface area (Å²) in [4.78, 5) is 0. The first-order valence-electron chi connectivity index (χ1n) is 7.48. The van der Waals surface area contributed by atoms with Crippen molar-refractivity contribution < 1.29 is 5.11 Å². The van der Waals surface area contributed by atoms with E-state index in [1.165, 1.54) is 25.7 Å². The highest BCUT2D eigenvalue weighted by Crippen LogP contribution is 2.54. The molecule has 0 radical (unpaired) electrons. The molecule has 2 atom stereocenters. The Bertz CT molecular complexity index is 258. The highest BCUT2D eigenvalue weighted by atomic mass is 16.3. The Balaban J connectivity index is 2.09. The van der Waals surface area contributed by atoms with Crippen LogP contribution in [0.15, 0.2) is 0 Å². The van der Waals surface area contributed by atoms with E-state index in [9.17, 15) is 5.11 Å². The van der Waals surface area contributed by atoms with Crippen molar-refractivity contribution in [2.24, 2.45) is 23.0 Å². The van der Waals surface area contributed by atoms with E-state index in [0.29, 0.717) is 6.54 Å². The molecule has 2 aliphatic rings. The number of aliphatic hydroxyl groups is 1. The lowest BCUT2D eigenvalue weighted by molar-refractivity contribution is -0.112. The Kier molecular flexibility index (Phi) is 3.84. The van der Waals surface area contributed by atoms with Crippen molar-refractivity contribution in [3.8, 4) is 0 Å². The van der Waals surface area contributed by atoms with Crippen LogP contribution >= 0.6 is 0 Å². The van der Waals surface area contributed by atoms with E-state index in [4.69, 9.17) is 5.73 Å². The highest BCUT2D eigenvalue weighted by Gasteiger charge is 2.53. The molecule has 17 heavy (non-hydrogen) atoms. The van der Waals surface area contributed by atoms with Crippen molar-refractivity contribution in [3.63, 3.8) is 0 Å². The Labute approximate surface area is 106 Å². The predicted octanol–water partition coefficient (Wildman–Crippen LogP) is 3.08. The molecule has 0 aromatic rings. The van der Waals surface area contributed by atoms with Crippen LogP contribution in [0, 0.1) is 17.3 Å². The molecule has 2 rings (SSSR count). The Morgan fingerprint density at radius 2 is 1.82 bits per heavy atom.